The Balaban J connectivity index is 1.79. The maximum Gasteiger partial charge on any atom is 0.288 e. The van der Waals surface area contributed by atoms with E-state index in [2.05, 4.69) is 10.00 Å². The smallest absolute Gasteiger partial charge is 0.288 e. The fourth-order valence-electron chi connectivity index (χ4n) is 2.40. The number of hydrogen-bond donors (Lipinski definition) is 0. The number of halogens is 1. The summed E-state index contributed by atoms with van der Waals surface area (Å²) in [5.41, 5.74) is 0.887. The molecule has 0 bridgehead atoms. The van der Waals surface area contributed by atoms with Crippen LogP contribution in [0.1, 0.15) is 19.3 Å². The summed E-state index contributed by atoms with van der Waals surface area (Å²) in [6.45, 7) is 2.91. The highest BCUT2D eigenvalue weighted by atomic mass is 35.5. The predicted molar refractivity (Wildman–Crippen MR) is 81.2 cm³/mol. The van der Waals surface area contributed by atoms with E-state index in [1.807, 2.05) is 24.3 Å². The van der Waals surface area contributed by atoms with Crippen molar-refractivity contribution in [2.45, 2.75) is 25.9 Å². The van der Waals surface area contributed by atoms with Crippen molar-refractivity contribution in [2.24, 2.45) is 0 Å². The Labute approximate surface area is 128 Å². The molecule has 0 unspecified atom stereocenters. The summed E-state index contributed by atoms with van der Waals surface area (Å²) >= 11 is 11.1. The van der Waals surface area contributed by atoms with Gasteiger partial charge in [0.25, 0.3) is 4.84 Å². The van der Waals surface area contributed by atoms with E-state index >= 15 is 0 Å². The molecule has 2 heterocycles. The molecule has 2 aromatic rings. The van der Waals surface area contributed by atoms with Gasteiger partial charge in [0, 0.05) is 10.6 Å². The molecule has 4 nitrogen and oxygen atoms in total. The van der Waals surface area contributed by atoms with Crippen molar-refractivity contribution < 1.29 is 4.42 Å². The Morgan fingerprint density at radius 3 is 2.55 bits per heavy atom. The van der Waals surface area contributed by atoms with Crippen LogP contribution in [0.5, 0.6) is 0 Å². The van der Waals surface area contributed by atoms with Gasteiger partial charge in [0.2, 0.25) is 5.89 Å². The molecule has 1 aromatic heterocycles. The van der Waals surface area contributed by atoms with Crippen LogP contribution in [0.15, 0.2) is 28.7 Å². The average Bonchev–Trinajstić information content (AvgIpc) is 2.82. The Hall–Kier alpha value is -1.17. The maximum absolute atomic E-state index is 5.88. The predicted octanol–water partition coefficient (Wildman–Crippen LogP) is 3.97. The molecule has 0 radical (unpaired) electrons. The minimum atomic E-state index is 0.417. The van der Waals surface area contributed by atoms with Crippen LogP contribution in [0.4, 0.5) is 0 Å². The van der Waals surface area contributed by atoms with Crippen LogP contribution in [0, 0.1) is 4.84 Å². The number of aromatic nitrogens is 2. The normalized spacial score (nSPS) is 16.4. The zero-order valence-corrected chi connectivity index (χ0v) is 12.7. The Bertz CT molecular complexity index is 629. The second kappa shape index (κ2) is 6.08. The molecule has 1 fully saturated rings. The fourth-order valence-corrected chi connectivity index (χ4v) is 2.70. The lowest BCUT2D eigenvalue weighted by molar-refractivity contribution is 0.170. The van der Waals surface area contributed by atoms with Crippen molar-refractivity contribution in [2.75, 3.05) is 13.1 Å². The number of rotatable bonds is 3. The third-order valence-electron chi connectivity index (χ3n) is 3.48. The molecule has 1 aliphatic rings. The highest BCUT2D eigenvalue weighted by molar-refractivity contribution is 7.71. The van der Waals surface area contributed by atoms with Gasteiger partial charge in [0.15, 0.2) is 0 Å². The van der Waals surface area contributed by atoms with E-state index in [9.17, 15) is 0 Å². The van der Waals surface area contributed by atoms with Crippen LogP contribution in [0.2, 0.25) is 5.02 Å². The first kappa shape index (κ1) is 13.8. The third-order valence-corrected chi connectivity index (χ3v) is 4.03. The minimum Gasteiger partial charge on any atom is -0.409 e. The highest BCUT2D eigenvalue weighted by Gasteiger charge is 2.14. The van der Waals surface area contributed by atoms with Gasteiger partial charge < -0.3 is 4.42 Å². The lowest BCUT2D eigenvalue weighted by Crippen LogP contribution is -2.32. The second-order valence-electron chi connectivity index (χ2n) is 5.00. The summed E-state index contributed by atoms with van der Waals surface area (Å²) < 4.78 is 7.33. The number of benzene rings is 1. The van der Waals surface area contributed by atoms with Crippen LogP contribution in [0.25, 0.3) is 11.5 Å². The van der Waals surface area contributed by atoms with Crippen molar-refractivity contribution >= 4 is 23.8 Å². The molecule has 0 spiro atoms. The van der Waals surface area contributed by atoms with Crippen LogP contribution < -0.4 is 0 Å². The average molecular weight is 310 g/mol. The summed E-state index contributed by atoms with van der Waals surface area (Å²) in [6, 6.07) is 7.40. The van der Waals surface area contributed by atoms with E-state index in [-0.39, 0.29) is 0 Å². The molecule has 106 valence electrons. The Morgan fingerprint density at radius 2 is 1.85 bits per heavy atom. The summed E-state index contributed by atoms with van der Waals surface area (Å²) in [5.74, 6) is 0.545. The molecule has 0 saturated carbocycles. The highest BCUT2D eigenvalue weighted by Crippen LogP contribution is 2.20. The van der Waals surface area contributed by atoms with Gasteiger partial charge >= 0.3 is 0 Å². The first-order valence-electron chi connectivity index (χ1n) is 6.78. The van der Waals surface area contributed by atoms with Gasteiger partial charge in [0.05, 0.1) is 6.67 Å². The number of piperidine rings is 1. The molecule has 1 aliphatic heterocycles. The zero-order valence-electron chi connectivity index (χ0n) is 11.1. The van der Waals surface area contributed by atoms with Gasteiger partial charge in [-0.25, -0.2) is 4.68 Å². The van der Waals surface area contributed by atoms with Crippen molar-refractivity contribution in [1.29, 1.82) is 0 Å². The first-order valence-corrected chi connectivity index (χ1v) is 7.57. The molecule has 0 N–H and O–H groups in total. The first-order chi connectivity index (χ1) is 9.72. The monoisotopic (exact) mass is 309 g/mol. The van der Waals surface area contributed by atoms with Gasteiger partial charge in [-0.3, -0.25) is 4.90 Å². The molecule has 1 saturated heterocycles. The van der Waals surface area contributed by atoms with Gasteiger partial charge in [0.1, 0.15) is 0 Å². The van der Waals surface area contributed by atoms with E-state index in [4.69, 9.17) is 28.2 Å². The summed E-state index contributed by atoms with van der Waals surface area (Å²) in [5, 5.41) is 5.16. The molecule has 0 amide bonds. The van der Waals surface area contributed by atoms with E-state index in [1.165, 1.54) is 19.3 Å². The van der Waals surface area contributed by atoms with E-state index in [0.29, 0.717) is 22.4 Å². The van der Waals surface area contributed by atoms with Crippen LogP contribution >= 0.6 is 23.8 Å². The van der Waals surface area contributed by atoms with E-state index in [0.717, 1.165) is 18.7 Å². The fraction of sp³-hybridized carbons (Fsp3) is 0.429. The SMILES string of the molecule is S=c1oc(-c2ccc(Cl)cc2)nn1CN1CCCCC1. The topological polar surface area (TPSA) is 34.2 Å². The Morgan fingerprint density at radius 1 is 1.15 bits per heavy atom. The molecule has 0 atom stereocenters. The summed E-state index contributed by atoms with van der Waals surface area (Å²) in [7, 11) is 0. The number of hydrogen-bond acceptors (Lipinski definition) is 4. The van der Waals surface area contributed by atoms with E-state index < -0.39 is 0 Å². The van der Waals surface area contributed by atoms with Crippen molar-refractivity contribution in [1.82, 2.24) is 14.7 Å². The largest absolute Gasteiger partial charge is 0.409 e. The molecule has 20 heavy (non-hydrogen) atoms. The molecular formula is C14H16ClN3OS. The summed E-state index contributed by atoms with van der Waals surface area (Å²) in [6.07, 6.45) is 3.81. The lowest BCUT2D eigenvalue weighted by atomic mass is 10.1. The Kier molecular flexibility index (Phi) is 4.19. The van der Waals surface area contributed by atoms with Gasteiger partial charge in [-0.1, -0.05) is 18.0 Å². The standard InChI is InChI=1S/C14H16ClN3OS/c15-12-6-4-11(5-7-12)13-16-18(14(20)19-13)10-17-8-2-1-3-9-17/h4-7H,1-3,8-10H2. The van der Waals surface area contributed by atoms with Crippen molar-refractivity contribution in [3.63, 3.8) is 0 Å². The van der Waals surface area contributed by atoms with E-state index in [1.54, 1.807) is 4.68 Å². The van der Waals surface area contributed by atoms with Gasteiger partial charge in [-0.2, -0.15) is 0 Å². The number of likely N-dealkylation sites (tertiary alicyclic amines) is 1. The van der Waals surface area contributed by atoms with Crippen LogP contribution in [-0.4, -0.2) is 27.8 Å². The minimum absolute atomic E-state index is 0.417. The maximum atomic E-state index is 5.88. The molecule has 0 aliphatic carbocycles. The van der Waals surface area contributed by atoms with Gasteiger partial charge in [-0.05, 0) is 62.4 Å². The van der Waals surface area contributed by atoms with Crippen molar-refractivity contribution in [3.05, 3.63) is 34.1 Å². The molecular weight excluding hydrogens is 294 g/mol. The van der Waals surface area contributed by atoms with Crippen molar-refractivity contribution in [3.8, 4) is 11.5 Å². The lowest BCUT2D eigenvalue weighted by Gasteiger charge is -2.25. The number of nitrogens with zero attached hydrogens (tertiary/aromatic N) is 3. The molecule has 1 aromatic carbocycles. The molecule has 6 heteroatoms. The second-order valence-corrected chi connectivity index (χ2v) is 5.79. The third kappa shape index (κ3) is 3.11. The zero-order chi connectivity index (χ0) is 13.9. The quantitative estimate of drug-likeness (QED) is 0.803. The van der Waals surface area contributed by atoms with Gasteiger partial charge in [-0.15, -0.1) is 5.10 Å². The van der Waals surface area contributed by atoms with Crippen LogP contribution in [-0.2, 0) is 6.67 Å². The molecule has 3 rings (SSSR count). The van der Waals surface area contributed by atoms with Crippen LogP contribution in [0.3, 0.4) is 0 Å². The summed E-state index contributed by atoms with van der Waals surface area (Å²) in [4.78, 5) is 2.77.